The van der Waals surface area contributed by atoms with Gasteiger partial charge in [-0.05, 0) is 43.0 Å². The molecule has 1 saturated heterocycles. The molecule has 0 aliphatic carbocycles. The average molecular weight is 374 g/mol. The summed E-state index contributed by atoms with van der Waals surface area (Å²) in [6.07, 6.45) is 3.95. The summed E-state index contributed by atoms with van der Waals surface area (Å²) in [7, 11) is 0. The van der Waals surface area contributed by atoms with Crippen LogP contribution in [-0.2, 0) is 20.7 Å². The number of nitrogens with zero attached hydrogens (tertiary/aromatic N) is 2. The van der Waals surface area contributed by atoms with Crippen molar-refractivity contribution in [3.63, 3.8) is 0 Å². The molecule has 1 amide bonds. The number of hydrogen-bond donors (Lipinski definition) is 1. The van der Waals surface area contributed by atoms with Crippen LogP contribution in [0.25, 0.3) is 0 Å². The second-order valence-electron chi connectivity index (χ2n) is 7.53. The first-order valence-corrected chi connectivity index (χ1v) is 10.0. The first-order chi connectivity index (χ1) is 13.0. The molecule has 1 N–H and O–H groups in total. The first kappa shape index (κ1) is 19.7. The Hall–Kier alpha value is -2.08. The van der Waals surface area contributed by atoms with Gasteiger partial charge in [-0.25, -0.2) is 4.79 Å². The van der Waals surface area contributed by atoms with Crippen LogP contribution in [0.2, 0.25) is 0 Å². The summed E-state index contributed by atoms with van der Waals surface area (Å²) in [4.78, 5) is 28.8. The highest BCUT2D eigenvalue weighted by Gasteiger charge is 2.39. The summed E-state index contributed by atoms with van der Waals surface area (Å²) >= 11 is 0. The lowest BCUT2D eigenvalue weighted by Crippen LogP contribution is -2.48. The van der Waals surface area contributed by atoms with Crippen LogP contribution in [0.3, 0.4) is 0 Å². The highest BCUT2D eigenvalue weighted by Crippen LogP contribution is 2.36. The molecule has 3 rings (SSSR count). The number of unbranched alkanes of at least 4 members (excludes halogenated alkanes) is 2. The molecule has 2 aliphatic heterocycles. The number of ether oxygens (including phenoxy) is 1. The third-order valence-corrected chi connectivity index (χ3v) is 5.58. The van der Waals surface area contributed by atoms with Gasteiger partial charge in [0.25, 0.3) is 0 Å². The Balaban J connectivity index is 1.90. The summed E-state index contributed by atoms with van der Waals surface area (Å²) in [6, 6.07) is 5.05. The lowest BCUT2D eigenvalue weighted by Gasteiger charge is -2.40. The molecule has 148 valence electrons. The highest BCUT2D eigenvalue weighted by atomic mass is 16.5. The Morgan fingerprint density at radius 3 is 2.63 bits per heavy atom. The Labute approximate surface area is 161 Å². The van der Waals surface area contributed by atoms with E-state index >= 15 is 0 Å². The Morgan fingerprint density at radius 1 is 1.22 bits per heavy atom. The number of hydrogen-bond acceptors (Lipinski definition) is 4. The van der Waals surface area contributed by atoms with Crippen molar-refractivity contribution in [2.75, 3.05) is 31.2 Å². The van der Waals surface area contributed by atoms with Crippen LogP contribution in [0.15, 0.2) is 18.2 Å². The molecule has 1 unspecified atom stereocenters. The van der Waals surface area contributed by atoms with Crippen molar-refractivity contribution in [1.82, 2.24) is 4.90 Å². The number of rotatable bonds is 6. The van der Waals surface area contributed by atoms with E-state index in [0.717, 1.165) is 49.2 Å². The van der Waals surface area contributed by atoms with E-state index in [9.17, 15) is 14.7 Å². The fourth-order valence-corrected chi connectivity index (χ4v) is 4.16. The number of fused-ring (bicyclic) bond motifs is 1. The molecule has 1 fully saturated rings. The zero-order valence-electron chi connectivity index (χ0n) is 16.3. The van der Waals surface area contributed by atoms with E-state index in [-0.39, 0.29) is 11.9 Å². The summed E-state index contributed by atoms with van der Waals surface area (Å²) in [5.41, 5.74) is 2.80. The molecule has 6 nitrogen and oxygen atoms in total. The maximum absolute atomic E-state index is 12.8. The van der Waals surface area contributed by atoms with Crippen LogP contribution < -0.4 is 4.90 Å². The Kier molecular flexibility index (Phi) is 6.37. The number of amides is 1. The van der Waals surface area contributed by atoms with Crippen LogP contribution in [-0.4, -0.2) is 54.2 Å². The van der Waals surface area contributed by atoms with E-state index in [1.54, 1.807) is 4.90 Å². The zero-order valence-corrected chi connectivity index (χ0v) is 16.3. The van der Waals surface area contributed by atoms with Crippen molar-refractivity contribution < 1.29 is 19.4 Å². The number of carboxylic acid groups (broad SMARTS) is 1. The third-order valence-electron chi connectivity index (χ3n) is 5.58. The van der Waals surface area contributed by atoms with E-state index in [2.05, 4.69) is 17.9 Å². The van der Waals surface area contributed by atoms with E-state index in [1.165, 1.54) is 0 Å². The van der Waals surface area contributed by atoms with Crippen molar-refractivity contribution in [2.45, 2.75) is 58.0 Å². The van der Waals surface area contributed by atoms with Gasteiger partial charge in [-0.1, -0.05) is 25.8 Å². The molecular formula is C21H30N2O4. The minimum Gasteiger partial charge on any atom is -0.479 e. The van der Waals surface area contributed by atoms with Gasteiger partial charge in [0.15, 0.2) is 6.04 Å². The molecule has 6 heteroatoms. The Bertz CT molecular complexity index is 685. The molecule has 1 aromatic carbocycles. The molecule has 2 aliphatic rings. The van der Waals surface area contributed by atoms with Crippen molar-refractivity contribution >= 4 is 17.6 Å². The van der Waals surface area contributed by atoms with Crippen LogP contribution in [0.1, 0.15) is 56.7 Å². The van der Waals surface area contributed by atoms with Gasteiger partial charge in [0, 0.05) is 31.2 Å². The second-order valence-corrected chi connectivity index (χ2v) is 7.53. The first-order valence-electron chi connectivity index (χ1n) is 10.0. The molecule has 0 spiro atoms. The van der Waals surface area contributed by atoms with Crippen LogP contribution in [0, 0.1) is 0 Å². The molecule has 0 radical (unpaired) electrons. The molecule has 0 aromatic heterocycles. The highest BCUT2D eigenvalue weighted by molar-refractivity contribution is 5.86. The SMILES string of the molecule is CCCCCC(=O)N1C(C(=O)O)c2cc(N3CCOCC3)ccc2C[C@@H]1C. The number of anilines is 1. The molecule has 1 aromatic rings. The molecule has 2 heterocycles. The fourth-order valence-electron chi connectivity index (χ4n) is 4.16. The number of carbonyl (C=O) groups is 2. The van der Waals surface area contributed by atoms with Gasteiger partial charge >= 0.3 is 5.97 Å². The number of aliphatic carboxylic acids is 1. The second kappa shape index (κ2) is 8.74. The molecular weight excluding hydrogens is 344 g/mol. The predicted molar refractivity (Wildman–Crippen MR) is 104 cm³/mol. The van der Waals surface area contributed by atoms with Gasteiger partial charge in [-0.2, -0.15) is 0 Å². The predicted octanol–water partition coefficient (Wildman–Crippen LogP) is 3.00. The molecule has 0 bridgehead atoms. The van der Waals surface area contributed by atoms with Crippen LogP contribution in [0.5, 0.6) is 0 Å². The van der Waals surface area contributed by atoms with Crippen molar-refractivity contribution in [3.05, 3.63) is 29.3 Å². The summed E-state index contributed by atoms with van der Waals surface area (Å²) in [5, 5.41) is 9.97. The van der Waals surface area contributed by atoms with Crippen molar-refractivity contribution in [3.8, 4) is 0 Å². The maximum Gasteiger partial charge on any atom is 0.331 e. The van der Waals surface area contributed by atoms with Gasteiger partial charge in [-0.3, -0.25) is 4.79 Å². The van der Waals surface area contributed by atoms with E-state index < -0.39 is 12.0 Å². The van der Waals surface area contributed by atoms with Gasteiger partial charge < -0.3 is 19.6 Å². The smallest absolute Gasteiger partial charge is 0.331 e. The molecule has 2 atom stereocenters. The largest absolute Gasteiger partial charge is 0.479 e. The number of carboxylic acids is 1. The van der Waals surface area contributed by atoms with Crippen molar-refractivity contribution in [1.29, 1.82) is 0 Å². The summed E-state index contributed by atoms with van der Waals surface area (Å²) < 4.78 is 5.41. The van der Waals surface area contributed by atoms with E-state index in [1.807, 2.05) is 19.1 Å². The maximum atomic E-state index is 12.8. The van der Waals surface area contributed by atoms with Gasteiger partial charge in [0.05, 0.1) is 13.2 Å². The van der Waals surface area contributed by atoms with E-state index in [0.29, 0.717) is 26.1 Å². The normalized spacial score (nSPS) is 22.4. The lowest BCUT2D eigenvalue weighted by molar-refractivity contribution is -0.153. The minimum atomic E-state index is -0.953. The van der Waals surface area contributed by atoms with Gasteiger partial charge in [0.2, 0.25) is 5.91 Å². The third kappa shape index (κ3) is 4.26. The topological polar surface area (TPSA) is 70.1 Å². The average Bonchev–Trinajstić information content (AvgIpc) is 2.67. The van der Waals surface area contributed by atoms with Crippen LogP contribution in [0.4, 0.5) is 5.69 Å². The quantitative estimate of drug-likeness (QED) is 0.775. The standard InChI is InChI=1S/C21H30N2O4/c1-3-4-5-6-19(24)23-15(2)13-16-7-8-17(22-9-11-27-12-10-22)14-18(16)20(23)21(25)26/h7-8,14-15,20H,3-6,9-13H2,1-2H3,(H,25,26)/t15-,20?/m0/s1. The minimum absolute atomic E-state index is 0.0502. The van der Waals surface area contributed by atoms with Crippen molar-refractivity contribution in [2.24, 2.45) is 0 Å². The Morgan fingerprint density at radius 2 is 1.96 bits per heavy atom. The number of carbonyl (C=O) groups excluding carboxylic acids is 1. The van der Waals surface area contributed by atoms with E-state index in [4.69, 9.17) is 4.74 Å². The monoisotopic (exact) mass is 374 g/mol. The van der Waals surface area contributed by atoms with Gasteiger partial charge in [-0.15, -0.1) is 0 Å². The number of benzene rings is 1. The lowest BCUT2D eigenvalue weighted by atomic mass is 9.87. The summed E-state index contributed by atoms with van der Waals surface area (Å²) in [5.74, 6) is -1.00. The molecule has 0 saturated carbocycles. The summed E-state index contributed by atoms with van der Waals surface area (Å²) in [6.45, 7) is 7.00. The fraction of sp³-hybridized carbons (Fsp3) is 0.619. The van der Waals surface area contributed by atoms with Gasteiger partial charge in [0.1, 0.15) is 0 Å². The van der Waals surface area contributed by atoms with Crippen LogP contribution >= 0.6 is 0 Å². The number of morpholine rings is 1. The zero-order chi connectivity index (χ0) is 19.4. The molecule has 27 heavy (non-hydrogen) atoms.